The highest BCUT2D eigenvalue weighted by Gasteiger charge is 2.50. The lowest BCUT2D eigenvalue weighted by molar-refractivity contribution is -0.176. The van der Waals surface area contributed by atoms with E-state index in [1.54, 1.807) is 13.8 Å². The molecule has 1 N–H and O–H groups in total. The van der Waals surface area contributed by atoms with Crippen LogP contribution in [0.1, 0.15) is 70.7 Å². The maximum Gasteiger partial charge on any atom is 0.394 e. The summed E-state index contributed by atoms with van der Waals surface area (Å²) in [5, 5.41) is -4.59. The molecule has 1 heterocycles. The number of rotatable bonds is 10. The minimum absolute atomic E-state index is 0.0221. The molecule has 0 aromatic heterocycles. The second-order valence-electron chi connectivity index (χ2n) is 13.6. The third-order valence-corrected chi connectivity index (χ3v) is 11.1. The van der Waals surface area contributed by atoms with Crippen LogP contribution in [-0.2, 0) is 51.2 Å². The summed E-state index contributed by atoms with van der Waals surface area (Å²) in [7, 11) is -6.30. The molecule has 0 radical (unpaired) electrons. The van der Waals surface area contributed by atoms with Crippen molar-refractivity contribution in [2.24, 2.45) is 0 Å². The first-order valence-corrected chi connectivity index (χ1v) is 17.8. The highest BCUT2D eigenvalue weighted by Crippen LogP contribution is 2.41. The summed E-state index contributed by atoms with van der Waals surface area (Å²) in [6.07, 6.45) is -2.28. The average molecular weight is 694 g/mol. The van der Waals surface area contributed by atoms with Gasteiger partial charge in [0.25, 0.3) is 0 Å². The first-order chi connectivity index (χ1) is 21.5. The van der Waals surface area contributed by atoms with E-state index in [4.69, 9.17) is 23.5 Å². The molecule has 1 aliphatic rings. The fourth-order valence-electron chi connectivity index (χ4n) is 5.27. The van der Waals surface area contributed by atoms with Crippen molar-refractivity contribution in [2.45, 2.75) is 105 Å². The Labute approximate surface area is 278 Å². The number of esters is 1. The van der Waals surface area contributed by atoms with Crippen LogP contribution in [0.15, 0.2) is 75.4 Å². The van der Waals surface area contributed by atoms with Crippen LogP contribution in [0.4, 0.5) is 8.78 Å². The maximum absolute atomic E-state index is 13.8. The monoisotopic (exact) mass is 693 g/mol. The van der Waals surface area contributed by atoms with Gasteiger partial charge in [0.1, 0.15) is 18.5 Å². The molecule has 1 saturated heterocycles. The molecule has 8 nitrogen and oxygen atoms in total. The molecule has 3 aromatic rings. The molecule has 1 aliphatic heterocycles. The standard InChI is InChI=1S/C35H42F2O8S2/c1-22-18-29(19-23(2)31(22)44-30(38)20-42-24(3)35(36,37)47(39,40)41)46(27-14-10-25(11-15-27)32(4,5)6)28-16-12-26(13-17-28)34(9)43-21-33(7,8)45-34/h10-19,24H,20-21H2,1-9H3/p+1. The van der Waals surface area contributed by atoms with Gasteiger partial charge in [0.15, 0.2) is 20.5 Å². The summed E-state index contributed by atoms with van der Waals surface area (Å²) in [5.74, 6) is -1.62. The highest BCUT2D eigenvalue weighted by atomic mass is 32.2. The quantitative estimate of drug-likeness (QED) is 0.101. The zero-order valence-electron chi connectivity index (χ0n) is 28.1. The van der Waals surface area contributed by atoms with E-state index in [9.17, 15) is 22.0 Å². The van der Waals surface area contributed by atoms with Gasteiger partial charge in [-0.2, -0.15) is 17.2 Å². The van der Waals surface area contributed by atoms with Crippen molar-refractivity contribution >= 4 is 27.0 Å². The number of carbonyl (C=O) groups excluding carboxylic acids is 1. The van der Waals surface area contributed by atoms with Gasteiger partial charge in [-0.3, -0.25) is 4.55 Å². The number of benzene rings is 3. The van der Waals surface area contributed by atoms with Gasteiger partial charge >= 0.3 is 21.3 Å². The summed E-state index contributed by atoms with van der Waals surface area (Å²) >= 11 is 0. The Bertz CT molecular complexity index is 1690. The first kappa shape index (κ1) is 37.0. The van der Waals surface area contributed by atoms with E-state index < -0.39 is 56.3 Å². The molecule has 0 spiro atoms. The fourth-order valence-corrected chi connectivity index (χ4v) is 7.98. The summed E-state index contributed by atoms with van der Waals surface area (Å²) in [5.41, 5.74) is 2.94. The minimum Gasteiger partial charge on any atom is -0.424 e. The molecule has 3 unspecified atom stereocenters. The van der Waals surface area contributed by atoms with Gasteiger partial charge in [0.2, 0.25) is 0 Å². The van der Waals surface area contributed by atoms with E-state index in [2.05, 4.69) is 57.2 Å². The lowest BCUT2D eigenvalue weighted by Crippen LogP contribution is -2.42. The molecule has 0 aliphatic carbocycles. The first-order valence-electron chi connectivity index (χ1n) is 15.1. The Morgan fingerprint density at radius 3 is 1.91 bits per heavy atom. The van der Waals surface area contributed by atoms with E-state index in [1.165, 1.54) is 5.56 Å². The van der Waals surface area contributed by atoms with Crippen LogP contribution < -0.4 is 4.74 Å². The third-order valence-electron chi connectivity index (χ3n) is 7.89. The SMILES string of the molecule is Cc1cc([S+](c2ccc(C(C)(C)C)cc2)c2ccc(C3(C)OCC(C)(C)O3)cc2)cc(C)c1OC(=O)COC(C)C(F)(F)S(=O)(=O)O. The van der Waals surface area contributed by atoms with Crippen molar-refractivity contribution < 1.29 is 45.5 Å². The van der Waals surface area contributed by atoms with Crippen molar-refractivity contribution in [1.29, 1.82) is 0 Å². The number of alkyl halides is 2. The van der Waals surface area contributed by atoms with E-state index in [-0.39, 0.29) is 11.2 Å². The normalized spacial score (nSPS) is 19.7. The molecule has 3 atom stereocenters. The van der Waals surface area contributed by atoms with Crippen LogP contribution in [0.2, 0.25) is 0 Å². The second-order valence-corrected chi connectivity index (χ2v) is 17.1. The Balaban J connectivity index is 1.65. The number of carbonyl (C=O) groups is 1. The molecule has 0 bridgehead atoms. The summed E-state index contributed by atoms with van der Waals surface area (Å²) in [4.78, 5) is 15.6. The smallest absolute Gasteiger partial charge is 0.394 e. The van der Waals surface area contributed by atoms with Gasteiger partial charge in [-0.1, -0.05) is 32.9 Å². The van der Waals surface area contributed by atoms with E-state index in [0.29, 0.717) is 17.7 Å². The van der Waals surface area contributed by atoms with Crippen molar-refractivity contribution in [3.8, 4) is 5.75 Å². The zero-order chi connectivity index (χ0) is 35.2. The molecular weight excluding hydrogens is 651 g/mol. The van der Waals surface area contributed by atoms with E-state index in [1.807, 2.05) is 45.0 Å². The number of halogens is 2. The minimum atomic E-state index is -5.73. The van der Waals surface area contributed by atoms with Gasteiger partial charge in [-0.15, -0.1) is 0 Å². The Morgan fingerprint density at radius 2 is 1.47 bits per heavy atom. The third kappa shape index (κ3) is 8.23. The van der Waals surface area contributed by atoms with Crippen molar-refractivity contribution in [1.82, 2.24) is 0 Å². The molecule has 12 heteroatoms. The summed E-state index contributed by atoms with van der Waals surface area (Å²) in [6.45, 7) is 16.2. The molecule has 1 fully saturated rings. The van der Waals surface area contributed by atoms with Crippen molar-refractivity contribution in [3.05, 3.63) is 82.9 Å². The lowest BCUT2D eigenvalue weighted by atomic mass is 9.87. The topological polar surface area (TPSA) is 108 Å². The summed E-state index contributed by atoms with van der Waals surface area (Å²) in [6, 6.07) is 20.5. The van der Waals surface area contributed by atoms with Gasteiger partial charge in [0.05, 0.1) is 23.1 Å². The second kappa shape index (κ2) is 13.2. The van der Waals surface area contributed by atoms with Crippen LogP contribution in [0, 0.1) is 13.8 Å². The Kier molecular flexibility index (Phi) is 10.4. The molecule has 256 valence electrons. The number of ether oxygens (including phenoxy) is 4. The maximum atomic E-state index is 13.8. The van der Waals surface area contributed by atoms with Crippen LogP contribution in [0.25, 0.3) is 0 Å². The van der Waals surface area contributed by atoms with Crippen molar-refractivity contribution in [3.63, 3.8) is 0 Å². The largest absolute Gasteiger partial charge is 0.424 e. The van der Waals surface area contributed by atoms with Gasteiger partial charge in [-0.25, -0.2) is 4.79 Å². The van der Waals surface area contributed by atoms with Crippen molar-refractivity contribution in [2.75, 3.05) is 13.2 Å². The predicted molar refractivity (Wildman–Crippen MR) is 176 cm³/mol. The van der Waals surface area contributed by atoms with Gasteiger partial charge in [0, 0.05) is 17.7 Å². The van der Waals surface area contributed by atoms with E-state index in [0.717, 1.165) is 27.2 Å². The fraction of sp³-hybridized carbons (Fsp3) is 0.457. The number of hydrogen-bond donors (Lipinski definition) is 1. The summed E-state index contributed by atoms with van der Waals surface area (Å²) < 4.78 is 80.9. The molecule has 0 saturated carbocycles. The van der Waals surface area contributed by atoms with Crippen LogP contribution in [0.3, 0.4) is 0 Å². The molecule has 4 rings (SSSR count). The average Bonchev–Trinajstić information content (AvgIpc) is 3.26. The predicted octanol–water partition coefficient (Wildman–Crippen LogP) is 7.49. The van der Waals surface area contributed by atoms with Crippen LogP contribution >= 0.6 is 0 Å². The number of aryl methyl sites for hydroxylation is 2. The van der Waals surface area contributed by atoms with Gasteiger partial charge in [-0.05, 0) is 100 Å². The van der Waals surface area contributed by atoms with Gasteiger partial charge < -0.3 is 18.9 Å². The molecular formula is C35H43F2O8S2+. The molecule has 3 aromatic carbocycles. The van der Waals surface area contributed by atoms with Crippen LogP contribution in [-0.4, -0.2) is 49.1 Å². The highest BCUT2D eigenvalue weighted by molar-refractivity contribution is 7.97. The Hall–Kier alpha value is -2.87. The lowest BCUT2D eigenvalue weighted by Gasteiger charge is -2.26. The van der Waals surface area contributed by atoms with Crippen LogP contribution in [0.5, 0.6) is 5.75 Å². The zero-order valence-corrected chi connectivity index (χ0v) is 29.8. The molecule has 0 amide bonds. The van der Waals surface area contributed by atoms with E-state index >= 15 is 0 Å². The number of hydrogen-bond acceptors (Lipinski definition) is 7. The Morgan fingerprint density at radius 1 is 0.957 bits per heavy atom. The molecule has 47 heavy (non-hydrogen) atoms.